The number of nitrogens with one attached hydrogen (secondary N) is 2. The molecule has 1 rings (SSSR count). The Morgan fingerprint density at radius 1 is 1.04 bits per heavy atom. The molecule has 5 N–H and O–H groups in total. The quantitative estimate of drug-likeness (QED) is 0.0763. The Bertz CT molecular complexity index is 1050. The van der Waals surface area contributed by atoms with Gasteiger partial charge in [-0.3, -0.25) is 19.2 Å². The second-order valence-electron chi connectivity index (χ2n) is 14.2. The smallest absolute Gasteiger partial charge is 0.234 e. The summed E-state index contributed by atoms with van der Waals surface area (Å²) in [6.45, 7) is 31.2. The molecule has 1 fully saturated rings. The average Bonchev–Trinajstić information content (AvgIpc) is 3.59. The number of likely N-dealkylation sites (N-methyl/N-ethyl adjacent to an activating group) is 2. The lowest BCUT2D eigenvalue weighted by Gasteiger charge is -2.36. The number of amides is 4. The summed E-state index contributed by atoms with van der Waals surface area (Å²) in [5.41, 5.74) is 5.65. The van der Waals surface area contributed by atoms with Gasteiger partial charge in [-0.1, -0.05) is 105 Å². The molecule has 1 aliphatic heterocycles. The molecule has 1 heterocycles. The van der Waals surface area contributed by atoms with Crippen molar-refractivity contribution < 1.29 is 33.8 Å². The Morgan fingerprint density at radius 3 is 1.85 bits per heavy atom. The zero-order valence-corrected chi connectivity index (χ0v) is 37.1. The van der Waals surface area contributed by atoms with Gasteiger partial charge in [-0.15, -0.1) is 0 Å². The van der Waals surface area contributed by atoms with E-state index in [4.69, 9.17) is 15.2 Å². The van der Waals surface area contributed by atoms with Gasteiger partial charge in [0.25, 0.3) is 0 Å². The third-order valence-electron chi connectivity index (χ3n) is 9.25. The molecule has 9 unspecified atom stereocenters. The van der Waals surface area contributed by atoms with Crippen LogP contribution in [0.1, 0.15) is 115 Å². The first-order chi connectivity index (χ1) is 25.2. The van der Waals surface area contributed by atoms with Crippen molar-refractivity contribution in [2.75, 3.05) is 34.9 Å². The van der Waals surface area contributed by atoms with Crippen LogP contribution < -0.4 is 16.4 Å². The van der Waals surface area contributed by atoms with E-state index in [0.717, 1.165) is 32.1 Å². The zero-order valence-electron chi connectivity index (χ0n) is 37.1. The third kappa shape index (κ3) is 23.7. The summed E-state index contributed by atoms with van der Waals surface area (Å²) in [4.78, 5) is 48.9. The molecule has 1 aliphatic rings. The summed E-state index contributed by atoms with van der Waals surface area (Å²) < 4.78 is 11.0. The number of primary amides is 1. The van der Waals surface area contributed by atoms with Crippen molar-refractivity contribution in [1.29, 1.82) is 0 Å². The Kier molecular flexibility index (Phi) is 36.8. The van der Waals surface area contributed by atoms with Crippen LogP contribution in [-0.4, -0.2) is 116 Å². The maximum absolute atomic E-state index is 12.4. The molecule has 12 nitrogen and oxygen atoms in total. The van der Waals surface area contributed by atoms with Gasteiger partial charge in [-0.05, 0) is 58.9 Å². The molecular weight excluding hydrogens is 686 g/mol. The minimum atomic E-state index is -0.782. The molecule has 9 atom stereocenters. The van der Waals surface area contributed by atoms with E-state index in [1.165, 1.54) is 6.42 Å². The summed E-state index contributed by atoms with van der Waals surface area (Å²) >= 11 is 0. The van der Waals surface area contributed by atoms with E-state index in [2.05, 4.69) is 58.4 Å². The molecule has 0 bridgehead atoms. The number of hydrogen-bond donors (Lipinski definition) is 4. The minimum absolute atomic E-state index is 0.0791. The van der Waals surface area contributed by atoms with Crippen molar-refractivity contribution in [2.24, 2.45) is 23.5 Å². The van der Waals surface area contributed by atoms with Gasteiger partial charge in [0.1, 0.15) is 0 Å². The summed E-state index contributed by atoms with van der Waals surface area (Å²) in [5.74, 6) is -0.0627. The fraction of sp³-hybridized carbons (Fsp3) is 0.762. The molecule has 0 aromatic carbocycles. The van der Waals surface area contributed by atoms with Gasteiger partial charge in [-0.2, -0.15) is 0 Å². The van der Waals surface area contributed by atoms with Crippen molar-refractivity contribution in [1.82, 2.24) is 20.4 Å². The number of carbonyl (C=O) groups excluding carboxylic acids is 4. The maximum atomic E-state index is 12.4. The lowest BCUT2D eigenvalue weighted by atomic mass is 9.91. The van der Waals surface area contributed by atoms with Gasteiger partial charge in [0.05, 0.1) is 48.4 Å². The number of allylic oxidation sites excluding steroid dienone is 3. The predicted octanol–water partition coefficient (Wildman–Crippen LogP) is 5.88. The summed E-state index contributed by atoms with van der Waals surface area (Å²) in [6.07, 6.45) is 10.4. The zero-order chi connectivity index (χ0) is 43.1. The third-order valence-corrected chi connectivity index (χ3v) is 9.25. The standard InChI is InChI=1S/C16H28N2O4.C12H25NO2.C6H14N2O.C5H8.C3H8/c1-10(2)14(20)12(4)17-16(21)11(3)15(22-5)13-7-6-8-18(13)9-19;1-7-9(3)12(11(8-2)15-6)13(5)10(4)14;1-4(2)5(8-3)6(7)9;1-3-5-4-2;1-3-2/h9,11-15,20H,1,6-8H2,2-5H3,(H,17,21);9,11-12H,7-8H2,1-6H3;4-5,8H,1-3H3,(H2,7,9);3-5H,1H2,2H3;3H2,1-2H3/b;;;5-4-;. The van der Waals surface area contributed by atoms with Crippen LogP contribution in [0.15, 0.2) is 37.0 Å². The van der Waals surface area contributed by atoms with Crippen LogP contribution in [0.25, 0.3) is 0 Å². The second kappa shape index (κ2) is 34.4. The van der Waals surface area contributed by atoms with E-state index in [1.807, 2.05) is 44.9 Å². The Balaban J connectivity index is -0.000000336. The first-order valence-electron chi connectivity index (χ1n) is 19.6. The Hall–Kier alpha value is -3.06. The van der Waals surface area contributed by atoms with E-state index in [1.54, 1.807) is 59.9 Å². The molecule has 0 aliphatic carbocycles. The summed E-state index contributed by atoms with van der Waals surface area (Å²) in [6, 6.07) is -0.507. The van der Waals surface area contributed by atoms with Crippen LogP contribution in [0.3, 0.4) is 0 Å². The number of nitrogens with zero attached hydrogens (tertiary/aromatic N) is 2. The highest BCUT2D eigenvalue weighted by molar-refractivity contribution is 5.80. The van der Waals surface area contributed by atoms with Gasteiger partial charge >= 0.3 is 0 Å². The number of carbonyl (C=O) groups is 4. The van der Waals surface area contributed by atoms with Crippen LogP contribution in [-0.2, 0) is 28.7 Å². The van der Waals surface area contributed by atoms with E-state index >= 15 is 0 Å². The summed E-state index contributed by atoms with van der Waals surface area (Å²) in [7, 11) is 6.87. The topological polar surface area (TPSA) is 164 Å². The normalized spacial score (nSPS) is 17.7. The Labute approximate surface area is 330 Å². The predicted molar refractivity (Wildman–Crippen MR) is 225 cm³/mol. The maximum Gasteiger partial charge on any atom is 0.234 e. The average molecular weight is 770 g/mol. The molecule has 4 amide bonds. The largest absolute Gasteiger partial charge is 0.387 e. The van der Waals surface area contributed by atoms with E-state index in [0.29, 0.717) is 18.0 Å². The van der Waals surface area contributed by atoms with Crippen LogP contribution >= 0.6 is 0 Å². The van der Waals surface area contributed by atoms with Gasteiger partial charge in [0.15, 0.2) is 0 Å². The minimum Gasteiger partial charge on any atom is -0.387 e. The number of hydrogen-bond acceptors (Lipinski definition) is 8. The van der Waals surface area contributed by atoms with Crippen LogP contribution in [0.4, 0.5) is 0 Å². The highest BCUT2D eigenvalue weighted by atomic mass is 16.5. The number of nitrogens with two attached hydrogens (primary N) is 1. The van der Waals surface area contributed by atoms with Gasteiger partial charge in [-0.25, -0.2) is 0 Å². The number of ether oxygens (including phenoxy) is 2. The fourth-order valence-corrected chi connectivity index (χ4v) is 5.94. The van der Waals surface area contributed by atoms with Crippen molar-refractivity contribution in [3.8, 4) is 0 Å². The first kappa shape index (κ1) is 57.7. The molecule has 318 valence electrons. The monoisotopic (exact) mass is 770 g/mol. The van der Waals surface area contributed by atoms with Crippen molar-refractivity contribution in [3.63, 3.8) is 0 Å². The number of aliphatic hydroxyl groups excluding tert-OH is 1. The molecule has 12 heteroatoms. The number of methoxy groups -OCH3 is 2. The van der Waals surface area contributed by atoms with Gasteiger partial charge in [0, 0.05) is 34.7 Å². The molecule has 0 saturated carbocycles. The Morgan fingerprint density at radius 2 is 1.57 bits per heavy atom. The summed E-state index contributed by atoms with van der Waals surface area (Å²) in [5, 5.41) is 15.5. The lowest BCUT2D eigenvalue weighted by Crippen LogP contribution is -2.50. The molecule has 1 saturated heterocycles. The molecule has 54 heavy (non-hydrogen) atoms. The molecular formula is C42H83N5O7. The van der Waals surface area contributed by atoms with E-state index < -0.39 is 18.1 Å². The van der Waals surface area contributed by atoms with Crippen molar-refractivity contribution >= 4 is 24.1 Å². The number of rotatable bonds is 18. The van der Waals surface area contributed by atoms with Crippen LogP contribution in [0, 0.1) is 17.8 Å². The first-order valence-corrected chi connectivity index (χ1v) is 19.6. The van der Waals surface area contributed by atoms with Crippen LogP contribution in [0.2, 0.25) is 0 Å². The van der Waals surface area contributed by atoms with Crippen LogP contribution in [0.5, 0.6) is 0 Å². The molecule has 0 aromatic rings. The van der Waals surface area contributed by atoms with Gasteiger partial charge < -0.3 is 40.7 Å². The van der Waals surface area contributed by atoms with E-state index in [-0.39, 0.29) is 54.0 Å². The van der Waals surface area contributed by atoms with Gasteiger partial charge in [0.2, 0.25) is 24.1 Å². The highest BCUT2D eigenvalue weighted by Gasteiger charge is 2.37. The fourth-order valence-electron chi connectivity index (χ4n) is 5.94. The van der Waals surface area contributed by atoms with Crippen molar-refractivity contribution in [2.45, 2.75) is 158 Å². The lowest BCUT2D eigenvalue weighted by molar-refractivity contribution is -0.134. The number of aliphatic hydroxyl groups is 1. The SMILES string of the molecule is C=C(C)C(O)C(C)NC(=O)C(C)C(OC)C1CCCN1C=O.C=C/C=C\C.CCC.CCC(C)C(C(CC)OC)N(C)C(C)=O.CNC(C(N)=O)C(C)C. The molecule has 0 spiro atoms. The molecule has 0 aromatic heterocycles. The van der Waals surface area contributed by atoms with Crippen molar-refractivity contribution in [3.05, 3.63) is 37.0 Å². The van der Waals surface area contributed by atoms with E-state index in [9.17, 15) is 24.3 Å². The molecule has 0 radical (unpaired) electrons. The number of likely N-dealkylation sites (tertiary alicyclic amines) is 1. The highest BCUT2D eigenvalue weighted by Crippen LogP contribution is 2.25. The second-order valence-corrected chi connectivity index (χ2v) is 14.2.